The van der Waals surface area contributed by atoms with Crippen molar-refractivity contribution in [3.8, 4) is 0 Å². The summed E-state index contributed by atoms with van der Waals surface area (Å²) in [6.07, 6.45) is 6.87. The predicted molar refractivity (Wildman–Crippen MR) is 56.7 cm³/mol. The smallest absolute Gasteiger partial charge is 0.00746 e. The van der Waals surface area contributed by atoms with Gasteiger partial charge in [-0.1, -0.05) is 26.7 Å². The van der Waals surface area contributed by atoms with E-state index in [1.165, 1.54) is 32.1 Å². The monoisotopic (exact) mass is 191 g/mol. The van der Waals surface area contributed by atoms with E-state index in [0.717, 1.165) is 12.5 Å². The van der Waals surface area contributed by atoms with Crippen LogP contribution < -0.4 is 5.73 Å². The Morgan fingerprint density at radius 3 is 2.58 bits per heavy atom. The van der Waals surface area contributed by atoms with Crippen molar-refractivity contribution in [1.82, 2.24) is 0 Å². The van der Waals surface area contributed by atoms with Crippen LogP contribution in [0.15, 0.2) is 0 Å². The number of hydrogen-bond donors (Lipinski definition) is 1. The quantitative estimate of drug-likeness (QED) is 0.714. The standard InChI is InChI=1S/C10H21N.ClH/c1-10(2)6-3-4-9(8-10)5-7-11;/h9H,3-8,11H2,1-2H3;1H. The van der Waals surface area contributed by atoms with Crippen LogP contribution in [-0.2, 0) is 0 Å². The molecule has 1 fully saturated rings. The normalized spacial score (nSPS) is 27.8. The van der Waals surface area contributed by atoms with Gasteiger partial charge in [0.1, 0.15) is 0 Å². The van der Waals surface area contributed by atoms with E-state index in [0.29, 0.717) is 5.41 Å². The van der Waals surface area contributed by atoms with E-state index in [2.05, 4.69) is 13.8 Å². The SMILES string of the molecule is CC1(C)CCCC(CCN)C1.Cl. The first-order valence-corrected chi connectivity index (χ1v) is 4.84. The third-order valence-corrected chi connectivity index (χ3v) is 2.88. The molecule has 1 saturated carbocycles. The van der Waals surface area contributed by atoms with Gasteiger partial charge in [-0.25, -0.2) is 0 Å². The molecule has 1 unspecified atom stereocenters. The van der Waals surface area contributed by atoms with Gasteiger partial charge in [0.25, 0.3) is 0 Å². The van der Waals surface area contributed by atoms with Crippen LogP contribution in [0.3, 0.4) is 0 Å². The molecular weight excluding hydrogens is 170 g/mol. The third-order valence-electron chi connectivity index (χ3n) is 2.88. The number of nitrogens with two attached hydrogens (primary N) is 1. The van der Waals surface area contributed by atoms with Crippen LogP contribution in [0.25, 0.3) is 0 Å². The van der Waals surface area contributed by atoms with Crippen LogP contribution in [0.4, 0.5) is 0 Å². The highest BCUT2D eigenvalue weighted by Crippen LogP contribution is 2.39. The van der Waals surface area contributed by atoms with Crippen molar-refractivity contribution in [2.75, 3.05) is 6.54 Å². The Labute approximate surface area is 82.5 Å². The molecule has 0 bridgehead atoms. The summed E-state index contributed by atoms with van der Waals surface area (Å²) in [5.41, 5.74) is 6.14. The predicted octanol–water partition coefficient (Wildman–Crippen LogP) is 2.97. The average Bonchev–Trinajstić information content (AvgIpc) is 1.85. The minimum atomic E-state index is 0. The van der Waals surface area contributed by atoms with Gasteiger partial charge in [0, 0.05) is 0 Å². The summed E-state index contributed by atoms with van der Waals surface area (Å²) < 4.78 is 0. The van der Waals surface area contributed by atoms with Gasteiger partial charge >= 0.3 is 0 Å². The van der Waals surface area contributed by atoms with Crippen molar-refractivity contribution < 1.29 is 0 Å². The zero-order valence-corrected chi connectivity index (χ0v) is 9.12. The lowest BCUT2D eigenvalue weighted by molar-refractivity contribution is 0.175. The molecule has 0 radical (unpaired) electrons. The Balaban J connectivity index is 0.00000121. The lowest BCUT2D eigenvalue weighted by atomic mass is 9.71. The van der Waals surface area contributed by atoms with Crippen molar-refractivity contribution in [2.24, 2.45) is 17.1 Å². The lowest BCUT2D eigenvalue weighted by Gasteiger charge is -2.35. The molecule has 1 atom stereocenters. The molecular formula is C10H22ClN. The fourth-order valence-corrected chi connectivity index (χ4v) is 2.34. The van der Waals surface area contributed by atoms with Crippen LogP contribution in [0.2, 0.25) is 0 Å². The molecule has 2 N–H and O–H groups in total. The number of hydrogen-bond acceptors (Lipinski definition) is 1. The summed E-state index contributed by atoms with van der Waals surface area (Å²) in [6.45, 7) is 5.64. The first-order chi connectivity index (χ1) is 5.14. The van der Waals surface area contributed by atoms with Gasteiger partial charge in [0.2, 0.25) is 0 Å². The second-order valence-electron chi connectivity index (χ2n) is 4.70. The van der Waals surface area contributed by atoms with Crippen molar-refractivity contribution in [3.05, 3.63) is 0 Å². The van der Waals surface area contributed by atoms with Gasteiger partial charge in [0.05, 0.1) is 0 Å². The Bertz CT molecular complexity index is 121. The fraction of sp³-hybridized carbons (Fsp3) is 1.00. The lowest BCUT2D eigenvalue weighted by Crippen LogP contribution is -2.24. The van der Waals surface area contributed by atoms with Crippen molar-refractivity contribution in [1.29, 1.82) is 0 Å². The molecule has 0 aliphatic heterocycles. The van der Waals surface area contributed by atoms with E-state index in [4.69, 9.17) is 5.73 Å². The molecule has 12 heavy (non-hydrogen) atoms. The Hall–Kier alpha value is 0.250. The highest BCUT2D eigenvalue weighted by Gasteiger charge is 2.26. The molecule has 1 nitrogen and oxygen atoms in total. The Kier molecular flexibility index (Phi) is 5.19. The summed E-state index contributed by atoms with van der Waals surface area (Å²) in [4.78, 5) is 0. The van der Waals surface area contributed by atoms with E-state index < -0.39 is 0 Å². The van der Waals surface area contributed by atoms with Gasteiger partial charge in [-0.15, -0.1) is 12.4 Å². The van der Waals surface area contributed by atoms with E-state index in [9.17, 15) is 0 Å². The maximum atomic E-state index is 5.55. The zero-order valence-electron chi connectivity index (χ0n) is 8.31. The maximum Gasteiger partial charge on any atom is -0.00746 e. The Morgan fingerprint density at radius 2 is 2.08 bits per heavy atom. The van der Waals surface area contributed by atoms with Gasteiger partial charge in [-0.3, -0.25) is 0 Å². The highest BCUT2D eigenvalue weighted by molar-refractivity contribution is 5.85. The van der Waals surface area contributed by atoms with E-state index in [1.807, 2.05) is 0 Å². The van der Waals surface area contributed by atoms with Crippen molar-refractivity contribution in [2.45, 2.75) is 46.0 Å². The summed E-state index contributed by atoms with van der Waals surface area (Å²) in [5.74, 6) is 0.920. The van der Waals surface area contributed by atoms with Crippen LogP contribution in [0.5, 0.6) is 0 Å². The van der Waals surface area contributed by atoms with Gasteiger partial charge in [-0.2, -0.15) is 0 Å². The Morgan fingerprint density at radius 1 is 1.42 bits per heavy atom. The van der Waals surface area contributed by atoms with Crippen LogP contribution in [-0.4, -0.2) is 6.54 Å². The molecule has 0 amide bonds. The van der Waals surface area contributed by atoms with Crippen molar-refractivity contribution >= 4 is 12.4 Å². The second kappa shape index (κ2) is 5.08. The molecule has 1 rings (SSSR count). The zero-order chi connectivity index (χ0) is 8.32. The largest absolute Gasteiger partial charge is 0.330 e. The first-order valence-electron chi connectivity index (χ1n) is 4.84. The minimum absolute atomic E-state index is 0. The molecule has 74 valence electrons. The molecule has 0 spiro atoms. The van der Waals surface area contributed by atoms with Gasteiger partial charge in [-0.05, 0) is 37.1 Å². The molecule has 0 heterocycles. The van der Waals surface area contributed by atoms with E-state index in [1.54, 1.807) is 0 Å². The van der Waals surface area contributed by atoms with Crippen LogP contribution >= 0.6 is 12.4 Å². The summed E-state index contributed by atoms with van der Waals surface area (Å²) in [5, 5.41) is 0. The molecule has 2 heteroatoms. The number of halogens is 1. The highest BCUT2D eigenvalue weighted by atomic mass is 35.5. The van der Waals surface area contributed by atoms with Crippen LogP contribution in [0.1, 0.15) is 46.0 Å². The van der Waals surface area contributed by atoms with Crippen LogP contribution in [0, 0.1) is 11.3 Å². The summed E-state index contributed by atoms with van der Waals surface area (Å²) in [7, 11) is 0. The van der Waals surface area contributed by atoms with Crippen molar-refractivity contribution in [3.63, 3.8) is 0 Å². The minimum Gasteiger partial charge on any atom is -0.330 e. The van der Waals surface area contributed by atoms with Gasteiger partial charge < -0.3 is 5.73 Å². The molecule has 0 saturated heterocycles. The second-order valence-corrected chi connectivity index (χ2v) is 4.70. The molecule has 0 aromatic carbocycles. The third kappa shape index (κ3) is 3.77. The number of rotatable bonds is 2. The summed E-state index contributed by atoms with van der Waals surface area (Å²) in [6, 6.07) is 0. The first kappa shape index (κ1) is 12.2. The molecule has 1 aliphatic rings. The average molecular weight is 192 g/mol. The van der Waals surface area contributed by atoms with E-state index >= 15 is 0 Å². The molecule has 0 aromatic rings. The molecule has 1 aliphatic carbocycles. The van der Waals surface area contributed by atoms with Gasteiger partial charge in [0.15, 0.2) is 0 Å². The fourth-order valence-electron chi connectivity index (χ4n) is 2.34. The molecule has 0 aromatic heterocycles. The van der Waals surface area contributed by atoms with E-state index in [-0.39, 0.29) is 12.4 Å². The maximum absolute atomic E-state index is 5.55. The summed E-state index contributed by atoms with van der Waals surface area (Å²) >= 11 is 0. The topological polar surface area (TPSA) is 26.0 Å².